The number of hydrogen-bond donors (Lipinski definition) is 1. The Morgan fingerprint density at radius 1 is 0.963 bits per heavy atom. The third-order valence-electron chi connectivity index (χ3n) is 4.23. The van der Waals surface area contributed by atoms with Crippen molar-refractivity contribution in [3.05, 3.63) is 54.1 Å². The van der Waals surface area contributed by atoms with E-state index in [0.717, 1.165) is 22.7 Å². The molecule has 4 heteroatoms. The number of unbranched alkanes of at least 4 members (excludes halogenated alkanes) is 4. The van der Waals surface area contributed by atoms with Gasteiger partial charge < -0.3 is 10.1 Å². The van der Waals surface area contributed by atoms with E-state index in [4.69, 9.17) is 4.74 Å². The van der Waals surface area contributed by atoms with Crippen LogP contribution >= 0.6 is 11.8 Å². The zero-order valence-electron chi connectivity index (χ0n) is 16.5. The standard InChI is InChI=1S/C23H31NO2S/c1-3-5-6-7-8-15-24-20-12-10-14-22(18-20)27-21-13-9-11-19(16-21)17-23(25)26-4-2/h9-14,16,18,24H,3-8,15,17H2,1-2H3. The Bertz CT molecular complexity index is 702. The highest BCUT2D eigenvalue weighted by atomic mass is 32.2. The second-order valence-electron chi connectivity index (χ2n) is 6.60. The highest BCUT2D eigenvalue weighted by molar-refractivity contribution is 7.99. The SMILES string of the molecule is CCCCCCCNc1cccc(Sc2cccc(CC(=O)OCC)c2)c1. The predicted molar refractivity (Wildman–Crippen MR) is 115 cm³/mol. The zero-order chi connectivity index (χ0) is 19.3. The van der Waals surface area contributed by atoms with Crippen molar-refractivity contribution in [2.45, 2.75) is 62.2 Å². The van der Waals surface area contributed by atoms with E-state index in [1.165, 1.54) is 37.0 Å². The lowest BCUT2D eigenvalue weighted by Gasteiger charge is -2.09. The average molecular weight is 386 g/mol. The molecule has 0 saturated carbocycles. The average Bonchev–Trinajstić information content (AvgIpc) is 2.65. The van der Waals surface area contributed by atoms with Crippen LogP contribution in [0.3, 0.4) is 0 Å². The maximum atomic E-state index is 11.7. The summed E-state index contributed by atoms with van der Waals surface area (Å²) in [7, 11) is 0. The summed E-state index contributed by atoms with van der Waals surface area (Å²) < 4.78 is 5.03. The first-order valence-corrected chi connectivity index (χ1v) is 10.8. The Kier molecular flexibility index (Phi) is 9.85. The minimum absolute atomic E-state index is 0.176. The van der Waals surface area contributed by atoms with Crippen LogP contribution in [-0.2, 0) is 16.0 Å². The number of hydrogen-bond acceptors (Lipinski definition) is 4. The number of ether oxygens (including phenoxy) is 1. The molecule has 3 nitrogen and oxygen atoms in total. The van der Waals surface area contributed by atoms with Crippen LogP contribution in [0.2, 0.25) is 0 Å². The normalized spacial score (nSPS) is 10.6. The van der Waals surface area contributed by atoms with Gasteiger partial charge in [-0.25, -0.2) is 0 Å². The number of nitrogens with one attached hydrogen (secondary N) is 1. The minimum atomic E-state index is -0.176. The van der Waals surface area contributed by atoms with E-state index in [9.17, 15) is 4.79 Å². The molecular weight excluding hydrogens is 354 g/mol. The molecule has 0 amide bonds. The summed E-state index contributed by atoms with van der Waals surface area (Å²) in [6.45, 7) is 5.52. The molecule has 0 fully saturated rings. The van der Waals surface area contributed by atoms with Gasteiger partial charge in [0.25, 0.3) is 0 Å². The fourth-order valence-corrected chi connectivity index (χ4v) is 3.83. The van der Waals surface area contributed by atoms with E-state index in [-0.39, 0.29) is 5.97 Å². The van der Waals surface area contributed by atoms with E-state index in [1.54, 1.807) is 11.8 Å². The smallest absolute Gasteiger partial charge is 0.310 e. The molecule has 2 rings (SSSR count). The van der Waals surface area contributed by atoms with Crippen molar-refractivity contribution in [3.63, 3.8) is 0 Å². The summed E-state index contributed by atoms with van der Waals surface area (Å²) in [5.41, 5.74) is 2.15. The maximum Gasteiger partial charge on any atom is 0.310 e. The van der Waals surface area contributed by atoms with Gasteiger partial charge in [0, 0.05) is 22.0 Å². The van der Waals surface area contributed by atoms with Crippen molar-refractivity contribution in [1.82, 2.24) is 0 Å². The number of rotatable bonds is 12. The van der Waals surface area contributed by atoms with Gasteiger partial charge >= 0.3 is 5.97 Å². The number of carbonyl (C=O) groups excluding carboxylic acids is 1. The first kappa shape index (κ1) is 21.4. The van der Waals surface area contributed by atoms with E-state index >= 15 is 0 Å². The van der Waals surface area contributed by atoms with E-state index in [0.29, 0.717) is 13.0 Å². The van der Waals surface area contributed by atoms with Crippen molar-refractivity contribution in [2.75, 3.05) is 18.5 Å². The molecule has 0 aliphatic heterocycles. The molecule has 0 unspecified atom stereocenters. The molecule has 0 aliphatic rings. The summed E-state index contributed by atoms with van der Waals surface area (Å²) >= 11 is 1.71. The summed E-state index contributed by atoms with van der Waals surface area (Å²) in [5.74, 6) is -0.176. The van der Waals surface area contributed by atoms with Gasteiger partial charge in [0.05, 0.1) is 13.0 Å². The van der Waals surface area contributed by atoms with Gasteiger partial charge in [-0.1, -0.05) is 62.6 Å². The quantitative estimate of drug-likeness (QED) is 0.342. The van der Waals surface area contributed by atoms with Gasteiger partial charge in [-0.2, -0.15) is 0 Å². The van der Waals surface area contributed by atoms with Gasteiger partial charge in [-0.3, -0.25) is 4.79 Å². The highest BCUT2D eigenvalue weighted by Gasteiger charge is 2.06. The number of carbonyl (C=O) groups is 1. The van der Waals surface area contributed by atoms with Crippen molar-refractivity contribution in [3.8, 4) is 0 Å². The highest BCUT2D eigenvalue weighted by Crippen LogP contribution is 2.30. The number of esters is 1. The lowest BCUT2D eigenvalue weighted by atomic mass is 10.1. The van der Waals surface area contributed by atoms with Gasteiger partial charge in [-0.15, -0.1) is 0 Å². The molecule has 0 heterocycles. The Balaban J connectivity index is 1.87. The van der Waals surface area contributed by atoms with Crippen molar-refractivity contribution in [1.29, 1.82) is 0 Å². The monoisotopic (exact) mass is 385 g/mol. The number of anilines is 1. The van der Waals surface area contributed by atoms with Gasteiger partial charge in [0.15, 0.2) is 0 Å². The van der Waals surface area contributed by atoms with Crippen LogP contribution in [0.4, 0.5) is 5.69 Å². The Morgan fingerprint density at radius 2 is 1.70 bits per heavy atom. The first-order valence-electron chi connectivity index (χ1n) is 9.97. The van der Waals surface area contributed by atoms with Crippen LogP contribution in [0.15, 0.2) is 58.3 Å². The van der Waals surface area contributed by atoms with E-state index in [1.807, 2.05) is 19.1 Å². The molecule has 0 bridgehead atoms. The summed E-state index contributed by atoms with van der Waals surface area (Å²) in [6.07, 6.45) is 6.78. The second-order valence-corrected chi connectivity index (χ2v) is 7.75. The molecule has 2 aromatic carbocycles. The number of benzene rings is 2. The van der Waals surface area contributed by atoms with Crippen molar-refractivity contribution >= 4 is 23.4 Å². The molecule has 0 atom stereocenters. The van der Waals surface area contributed by atoms with E-state index in [2.05, 4.69) is 48.6 Å². The zero-order valence-corrected chi connectivity index (χ0v) is 17.3. The van der Waals surface area contributed by atoms with Crippen LogP contribution < -0.4 is 5.32 Å². The van der Waals surface area contributed by atoms with Crippen LogP contribution in [0.25, 0.3) is 0 Å². The van der Waals surface area contributed by atoms with Crippen LogP contribution in [-0.4, -0.2) is 19.1 Å². The molecule has 0 aromatic heterocycles. The van der Waals surface area contributed by atoms with Gasteiger partial charge in [0.2, 0.25) is 0 Å². The van der Waals surface area contributed by atoms with Gasteiger partial charge in [0.1, 0.15) is 0 Å². The fraction of sp³-hybridized carbons (Fsp3) is 0.435. The molecular formula is C23H31NO2S. The molecule has 0 spiro atoms. The van der Waals surface area contributed by atoms with Crippen molar-refractivity contribution in [2.24, 2.45) is 0 Å². The summed E-state index contributed by atoms with van der Waals surface area (Å²) in [5, 5.41) is 3.52. The second kappa shape index (κ2) is 12.4. The van der Waals surface area contributed by atoms with Crippen LogP contribution in [0.1, 0.15) is 51.5 Å². The molecule has 0 saturated heterocycles. The molecule has 27 heavy (non-hydrogen) atoms. The summed E-state index contributed by atoms with van der Waals surface area (Å²) in [4.78, 5) is 14.0. The first-order chi connectivity index (χ1) is 13.2. The minimum Gasteiger partial charge on any atom is -0.466 e. The molecule has 1 N–H and O–H groups in total. The third kappa shape index (κ3) is 8.53. The molecule has 146 valence electrons. The largest absolute Gasteiger partial charge is 0.466 e. The Hall–Kier alpha value is -1.94. The Labute approximate surface area is 167 Å². The maximum absolute atomic E-state index is 11.7. The lowest BCUT2D eigenvalue weighted by molar-refractivity contribution is -0.142. The van der Waals surface area contributed by atoms with Crippen molar-refractivity contribution < 1.29 is 9.53 Å². The molecule has 0 radical (unpaired) electrons. The predicted octanol–water partition coefficient (Wildman–Crippen LogP) is 6.33. The van der Waals surface area contributed by atoms with E-state index < -0.39 is 0 Å². The topological polar surface area (TPSA) is 38.3 Å². The fourth-order valence-electron chi connectivity index (χ4n) is 2.86. The molecule has 0 aliphatic carbocycles. The van der Waals surface area contributed by atoms with Crippen LogP contribution in [0.5, 0.6) is 0 Å². The lowest BCUT2D eigenvalue weighted by Crippen LogP contribution is -2.07. The van der Waals surface area contributed by atoms with Gasteiger partial charge in [-0.05, 0) is 49.2 Å². The molecule has 2 aromatic rings. The third-order valence-corrected chi connectivity index (χ3v) is 5.21. The Morgan fingerprint density at radius 3 is 2.48 bits per heavy atom. The summed E-state index contributed by atoms with van der Waals surface area (Å²) in [6, 6.07) is 16.6. The van der Waals surface area contributed by atoms with Crippen LogP contribution in [0, 0.1) is 0 Å².